The number of ether oxygens (including phenoxy) is 1. The minimum absolute atomic E-state index is 0. The third-order valence-electron chi connectivity index (χ3n) is 24.5. The van der Waals surface area contributed by atoms with Crippen LogP contribution in [0.2, 0.25) is 0 Å². The monoisotopic (exact) mass is 1390 g/mol. The number of carbonyl (C=O) groups is 2. The molecule has 8 bridgehead atoms. The minimum atomic E-state index is 0. The Morgan fingerprint density at radius 2 is 1.06 bits per heavy atom. The molecule has 0 aromatic heterocycles. The molecule has 10 aliphatic rings. The van der Waals surface area contributed by atoms with Gasteiger partial charge in [0.2, 0.25) is 11.8 Å². The number of rotatable bonds is 29. The average Bonchev–Trinajstić information content (AvgIpc) is 0.756. The number of hydrogen-bond acceptors (Lipinski definition) is 6. The van der Waals surface area contributed by atoms with Crippen LogP contribution in [0.1, 0.15) is 273 Å². The third kappa shape index (κ3) is 23.6. The van der Waals surface area contributed by atoms with Crippen LogP contribution in [0.3, 0.4) is 0 Å². The van der Waals surface area contributed by atoms with Crippen molar-refractivity contribution >= 4 is 29.7 Å². The number of carbonyl (C=O) groups excluding carboxylic acids is 2. The fourth-order valence-corrected chi connectivity index (χ4v) is 20.1. The number of nitrogens with zero attached hydrogens (tertiary/aromatic N) is 3. The van der Waals surface area contributed by atoms with E-state index in [1.165, 1.54) is 136 Å². The predicted octanol–water partition coefficient (Wildman–Crippen LogP) is 22.8. The molecule has 2 amide bonds. The van der Waals surface area contributed by atoms with E-state index >= 15 is 0 Å². The molecule has 0 saturated heterocycles. The molecule has 10 aliphatic carbocycles. The first-order valence-electron chi connectivity index (χ1n) is 40.6. The van der Waals surface area contributed by atoms with E-state index in [0.29, 0.717) is 48.0 Å². The number of aryl methyl sites for hydroxylation is 2. The van der Waals surface area contributed by atoms with E-state index in [-0.39, 0.29) is 19.2 Å². The molecule has 2 N–H and O–H groups in total. The standard InChI is InChI=1S/C26H37N.C25H35N.C23H31NO2.C19H32N2O.CH4/c1-18(2)23-6-7-24-11-19(4-5-25(24)12-23)16-27(3)17-26-13-20-8-21(14-26)10-22(9-20)15-26;1-17(2)22-5-6-23-10-18(3-4-24(23)11-22)15-26-16-25-12-19-7-20(13-25)9-21(8-19)14-25;1-5-6-15-24(17-19-11-13-20(14-12-19)18(2)3)23(25)16-21-9-7-8-10-22(21)26-4;1-16(2)9-7-5-6-8-10-19(22)20-18-13-11-17(12-14-18)15-21(3)4;/h4-5,11-12,18,20-22H,6-10,13-17H2,1-3H3;3-4,10-11,17,19-21,26H,5-9,12-16H2,1-2H3;7-14,18H,5-6,15-17H2,1-4H3;11-14,16H,5-10,15H2,1-4H3,(H,20,22);1H4. The van der Waals surface area contributed by atoms with Crippen LogP contribution in [0, 0.1) is 64.1 Å². The quantitative estimate of drug-likeness (QED) is 0.0465. The number of nitrogens with one attached hydrogen (secondary N) is 2. The van der Waals surface area contributed by atoms with Crippen molar-refractivity contribution in [3.8, 4) is 5.75 Å². The van der Waals surface area contributed by atoms with Gasteiger partial charge in [-0.2, -0.15) is 0 Å². The lowest BCUT2D eigenvalue weighted by atomic mass is 9.49. The number of unbranched alkanes of at least 4 members (excludes halogenated alkanes) is 4. The summed E-state index contributed by atoms with van der Waals surface area (Å²) < 4.78 is 5.39. The van der Waals surface area contributed by atoms with E-state index in [9.17, 15) is 9.59 Å². The molecule has 8 nitrogen and oxygen atoms in total. The molecule has 8 saturated carbocycles. The first-order valence-corrected chi connectivity index (χ1v) is 40.6. The number of allylic oxidation sites excluding steroid dienone is 2. The van der Waals surface area contributed by atoms with Crippen molar-refractivity contribution in [2.75, 3.05) is 53.2 Å². The van der Waals surface area contributed by atoms with Crippen LogP contribution in [0.5, 0.6) is 5.75 Å². The number of benzene rings is 5. The molecule has 0 spiro atoms. The summed E-state index contributed by atoms with van der Waals surface area (Å²) >= 11 is 0. The van der Waals surface area contributed by atoms with Crippen molar-refractivity contribution in [1.82, 2.24) is 20.0 Å². The van der Waals surface area contributed by atoms with Gasteiger partial charge in [0.1, 0.15) is 5.75 Å². The first-order chi connectivity index (χ1) is 48.6. The van der Waals surface area contributed by atoms with Gasteiger partial charge in [0.15, 0.2) is 0 Å². The number of fused-ring (bicyclic) bond motifs is 2. The summed E-state index contributed by atoms with van der Waals surface area (Å²) in [4.78, 5) is 31.6. The van der Waals surface area contributed by atoms with Gasteiger partial charge in [-0.1, -0.05) is 216 Å². The van der Waals surface area contributed by atoms with Crippen molar-refractivity contribution in [1.29, 1.82) is 0 Å². The van der Waals surface area contributed by atoms with E-state index in [0.717, 1.165) is 110 Å². The Kier molecular flexibility index (Phi) is 30.3. The molecule has 0 atom stereocenters. The van der Waals surface area contributed by atoms with Crippen molar-refractivity contribution in [3.05, 3.63) is 176 Å². The van der Waals surface area contributed by atoms with Gasteiger partial charge in [0.05, 0.1) is 13.5 Å². The molecule has 0 heterocycles. The molecular weight excluding hydrogens is 1250 g/mol. The lowest BCUT2D eigenvalue weighted by molar-refractivity contribution is -0.131. The maximum absolute atomic E-state index is 12.9. The maximum atomic E-state index is 12.9. The summed E-state index contributed by atoms with van der Waals surface area (Å²) in [5.74, 6) is 10.1. The van der Waals surface area contributed by atoms with Crippen molar-refractivity contribution in [2.24, 2.45) is 64.1 Å². The van der Waals surface area contributed by atoms with Gasteiger partial charge in [-0.25, -0.2) is 0 Å². The number of para-hydroxylation sites is 1. The molecule has 0 radical (unpaired) electrons. The van der Waals surface area contributed by atoms with Crippen molar-refractivity contribution in [3.63, 3.8) is 0 Å². The van der Waals surface area contributed by atoms with Crippen molar-refractivity contribution in [2.45, 2.75) is 262 Å². The largest absolute Gasteiger partial charge is 0.496 e. The Morgan fingerprint density at radius 3 is 1.59 bits per heavy atom. The molecule has 5 aromatic rings. The zero-order valence-electron chi connectivity index (χ0n) is 65.5. The Labute approximate surface area is 621 Å². The third-order valence-corrected chi connectivity index (χ3v) is 24.5. The lowest BCUT2D eigenvalue weighted by Gasteiger charge is -2.57. The van der Waals surface area contributed by atoms with E-state index < -0.39 is 0 Å². The average molecular weight is 1390 g/mol. The summed E-state index contributed by atoms with van der Waals surface area (Å²) in [6.07, 6.45) is 37.3. The summed E-state index contributed by atoms with van der Waals surface area (Å²) in [6, 6.07) is 38.9. The fraction of sp³-hybridized carbons (Fsp3) is 0.617. The van der Waals surface area contributed by atoms with Crippen LogP contribution in [-0.4, -0.2) is 74.4 Å². The number of hydrogen-bond donors (Lipinski definition) is 2. The zero-order chi connectivity index (χ0) is 71.6. The highest BCUT2D eigenvalue weighted by atomic mass is 16.5. The molecule has 0 aliphatic heterocycles. The Morgan fingerprint density at radius 1 is 0.549 bits per heavy atom. The number of methoxy groups -OCH3 is 1. The van der Waals surface area contributed by atoms with Crippen LogP contribution in [0.15, 0.2) is 120 Å². The van der Waals surface area contributed by atoms with Gasteiger partial charge < -0.3 is 30.1 Å². The van der Waals surface area contributed by atoms with Gasteiger partial charge in [0.25, 0.3) is 0 Å². The summed E-state index contributed by atoms with van der Waals surface area (Å²) in [6.45, 7) is 27.5. The van der Waals surface area contributed by atoms with Crippen LogP contribution >= 0.6 is 0 Å². The normalized spacial score (nSPS) is 23.1. The molecule has 8 heteroatoms. The van der Waals surface area contributed by atoms with Crippen LogP contribution in [0.4, 0.5) is 5.69 Å². The predicted molar refractivity (Wildman–Crippen MR) is 434 cm³/mol. The summed E-state index contributed by atoms with van der Waals surface area (Å²) in [7, 11) is 8.12. The van der Waals surface area contributed by atoms with Crippen LogP contribution < -0.4 is 15.4 Å². The van der Waals surface area contributed by atoms with Crippen LogP contribution in [-0.2, 0) is 55.0 Å². The summed E-state index contributed by atoms with van der Waals surface area (Å²) in [5.41, 5.74) is 19.2. The highest BCUT2D eigenvalue weighted by Gasteiger charge is 2.52. The van der Waals surface area contributed by atoms with E-state index in [2.05, 4.69) is 189 Å². The van der Waals surface area contributed by atoms with Gasteiger partial charge in [-0.15, -0.1) is 0 Å². The number of amides is 2. The highest BCUT2D eigenvalue weighted by Crippen LogP contribution is 2.61. The maximum Gasteiger partial charge on any atom is 0.227 e. The zero-order valence-corrected chi connectivity index (χ0v) is 65.5. The van der Waals surface area contributed by atoms with Gasteiger partial charge in [-0.3, -0.25) is 9.59 Å². The second-order valence-electron chi connectivity index (χ2n) is 35.3. The lowest BCUT2D eigenvalue weighted by Crippen LogP contribution is -2.50. The van der Waals surface area contributed by atoms with Gasteiger partial charge in [0, 0.05) is 63.5 Å². The van der Waals surface area contributed by atoms with E-state index in [1.54, 1.807) is 67.9 Å². The molecule has 102 heavy (non-hydrogen) atoms. The van der Waals surface area contributed by atoms with Crippen LogP contribution in [0.25, 0.3) is 12.2 Å². The van der Waals surface area contributed by atoms with Gasteiger partial charge in [-0.05, 0) is 275 Å². The smallest absolute Gasteiger partial charge is 0.227 e. The SMILES string of the molecule is C.CC(C)C1=Cc2ccc(CN(C)CC34CC5CC(CC(C5)C3)C4)cc2CC1.CC(C)C1=Cc2ccc(CNCC34CC5CC(CC(C5)C3)C4)cc2CC1.CC(C)CCCCCCC(=O)Nc1ccc(CN(C)C)cc1.CCCCN(Cc1ccc(C(C)C)cc1)C(=O)Cc1ccccc1OC. The topological polar surface area (TPSA) is 77.2 Å². The van der Waals surface area contributed by atoms with E-state index in [1.807, 2.05) is 41.3 Å². The Hall–Kier alpha value is -5.80. The van der Waals surface area contributed by atoms with Crippen molar-refractivity contribution < 1.29 is 14.3 Å². The molecule has 0 unspecified atom stereocenters. The van der Waals surface area contributed by atoms with Gasteiger partial charge >= 0.3 is 0 Å². The highest BCUT2D eigenvalue weighted by molar-refractivity contribution is 5.90. The minimum Gasteiger partial charge on any atom is -0.496 e. The van der Waals surface area contributed by atoms with E-state index in [4.69, 9.17) is 4.74 Å². The number of anilines is 1. The first kappa shape index (κ1) is 80.3. The molecule has 5 aromatic carbocycles. The second-order valence-corrected chi connectivity index (χ2v) is 35.3. The molecule has 558 valence electrons. The molecular formula is C94H139N5O3. The Bertz CT molecular complexity index is 3410. The second kappa shape index (κ2) is 38.5. The molecule has 8 fully saturated rings. The molecule has 15 rings (SSSR count). The summed E-state index contributed by atoms with van der Waals surface area (Å²) in [5, 5.41) is 6.86. The Balaban J connectivity index is 0.000000158. The fourth-order valence-electron chi connectivity index (χ4n) is 20.1.